The van der Waals surface area contributed by atoms with Crippen molar-refractivity contribution in [2.75, 3.05) is 20.7 Å². The van der Waals surface area contributed by atoms with E-state index in [1.165, 1.54) is 7.11 Å². The van der Waals surface area contributed by atoms with Crippen molar-refractivity contribution in [2.45, 2.75) is 6.54 Å². The molecular formula is C10H13ClN2O2. The van der Waals surface area contributed by atoms with E-state index in [0.717, 1.165) is 5.56 Å². The van der Waals surface area contributed by atoms with Gasteiger partial charge in [-0.25, -0.2) is 4.98 Å². The Labute approximate surface area is 93.8 Å². The molecule has 0 saturated heterocycles. The summed E-state index contributed by atoms with van der Waals surface area (Å²) < 4.78 is 4.56. The summed E-state index contributed by atoms with van der Waals surface area (Å²) in [4.78, 5) is 16.8. The first kappa shape index (κ1) is 11.9. The SMILES string of the molecule is COC(=O)CN(C)Cc1cccnc1Cl. The highest BCUT2D eigenvalue weighted by Crippen LogP contribution is 2.13. The van der Waals surface area contributed by atoms with Gasteiger partial charge in [0.05, 0.1) is 13.7 Å². The summed E-state index contributed by atoms with van der Waals surface area (Å²) in [5, 5.41) is 0.467. The Kier molecular flexibility index (Phi) is 4.52. The second-order valence-corrected chi connectivity index (χ2v) is 3.56. The van der Waals surface area contributed by atoms with E-state index in [1.54, 1.807) is 6.20 Å². The van der Waals surface area contributed by atoms with Crippen LogP contribution in [0.15, 0.2) is 18.3 Å². The summed E-state index contributed by atoms with van der Waals surface area (Å²) in [5.41, 5.74) is 0.894. The molecule has 0 bridgehead atoms. The lowest BCUT2D eigenvalue weighted by molar-refractivity contribution is -0.141. The molecule has 0 unspecified atom stereocenters. The fraction of sp³-hybridized carbons (Fsp3) is 0.400. The molecule has 0 aliphatic rings. The van der Waals surface area contributed by atoms with Crippen molar-refractivity contribution in [1.82, 2.24) is 9.88 Å². The molecule has 0 aliphatic carbocycles. The lowest BCUT2D eigenvalue weighted by Gasteiger charge is -2.15. The summed E-state index contributed by atoms with van der Waals surface area (Å²) in [5.74, 6) is -0.266. The van der Waals surface area contributed by atoms with Crippen LogP contribution in [0, 0.1) is 0 Å². The van der Waals surface area contributed by atoms with Gasteiger partial charge in [-0.15, -0.1) is 0 Å². The van der Waals surface area contributed by atoms with Gasteiger partial charge in [-0.2, -0.15) is 0 Å². The topological polar surface area (TPSA) is 42.4 Å². The van der Waals surface area contributed by atoms with Crippen molar-refractivity contribution in [2.24, 2.45) is 0 Å². The van der Waals surface area contributed by atoms with Gasteiger partial charge in [0, 0.05) is 18.3 Å². The number of aromatic nitrogens is 1. The second kappa shape index (κ2) is 5.68. The number of halogens is 1. The fourth-order valence-corrected chi connectivity index (χ4v) is 1.35. The van der Waals surface area contributed by atoms with Gasteiger partial charge in [-0.05, 0) is 13.1 Å². The van der Waals surface area contributed by atoms with Crippen LogP contribution >= 0.6 is 11.6 Å². The summed E-state index contributed by atoms with van der Waals surface area (Å²) in [6, 6.07) is 3.69. The lowest BCUT2D eigenvalue weighted by atomic mass is 10.2. The van der Waals surface area contributed by atoms with Gasteiger partial charge in [0.25, 0.3) is 0 Å². The Bertz CT molecular complexity index is 344. The molecule has 4 nitrogen and oxygen atoms in total. The minimum absolute atomic E-state index is 0.238. The number of nitrogens with zero attached hydrogens (tertiary/aromatic N) is 2. The molecule has 0 amide bonds. The van der Waals surface area contributed by atoms with Gasteiger partial charge in [-0.3, -0.25) is 9.69 Å². The van der Waals surface area contributed by atoms with Gasteiger partial charge < -0.3 is 4.74 Å². The molecule has 0 aliphatic heterocycles. The molecule has 0 atom stereocenters. The molecule has 0 aromatic carbocycles. The molecule has 0 radical (unpaired) electrons. The standard InChI is InChI=1S/C10H13ClN2O2/c1-13(7-9(14)15-2)6-8-4-3-5-12-10(8)11/h3-5H,6-7H2,1-2H3. The molecule has 5 heteroatoms. The Hall–Kier alpha value is -1.13. The van der Waals surface area contributed by atoms with Crippen LogP contribution in [0.5, 0.6) is 0 Å². The summed E-state index contributed by atoms with van der Waals surface area (Å²) >= 11 is 5.88. The third-order valence-electron chi connectivity index (χ3n) is 1.90. The molecule has 1 rings (SSSR count). The molecule has 0 spiro atoms. The summed E-state index contributed by atoms with van der Waals surface area (Å²) in [6.07, 6.45) is 1.63. The minimum atomic E-state index is -0.266. The number of methoxy groups -OCH3 is 1. The number of hydrogen-bond acceptors (Lipinski definition) is 4. The average molecular weight is 229 g/mol. The van der Waals surface area contributed by atoms with Crippen LogP contribution < -0.4 is 0 Å². The molecule has 15 heavy (non-hydrogen) atoms. The number of rotatable bonds is 4. The summed E-state index contributed by atoms with van der Waals surface area (Å²) in [7, 11) is 3.19. The second-order valence-electron chi connectivity index (χ2n) is 3.20. The van der Waals surface area contributed by atoms with E-state index in [4.69, 9.17) is 11.6 Å². The fourth-order valence-electron chi connectivity index (χ4n) is 1.17. The van der Waals surface area contributed by atoms with Gasteiger partial charge >= 0.3 is 5.97 Å². The quantitative estimate of drug-likeness (QED) is 0.576. The average Bonchev–Trinajstić information content (AvgIpc) is 2.21. The highest BCUT2D eigenvalue weighted by atomic mass is 35.5. The Morgan fingerprint density at radius 1 is 1.67 bits per heavy atom. The summed E-state index contributed by atoms with van der Waals surface area (Å²) in [6.45, 7) is 0.809. The van der Waals surface area contributed by atoms with Crippen molar-refractivity contribution in [3.63, 3.8) is 0 Å². The van der Waals surface area contributed by atoms with Crippen LogP contribution in [-0.2, 0) is 16.1 Å². The molecule has 1 aromatic rings. The Morgan fingerprint density at radius 2 is 2.40 bits per heavy atom. The third kappa shape index (κ3) is 3.85. The van der Waals surface area contributed by atoms with Crippen molar-refractivity contribution >= 4 is 17.6 Å². The van der Waals surface area contributed by atoms with Crippen LogP contribution in [-0.4, -0.2) is 36.6 Å². The molecule has 82 valence electrons. The molecule has 1 heterocycles. The van der Waals surface area contributed by atoms with E-state index in [2.05, 4.69) is 9.72 Å². The number of likely N-dealkylation sites (N-methyl/N-ethyl adjacent to an activating group) is 1. The molecule has 0 N–H and O–H groups in total. The van der Waals surface area contributed by atoms with E-state index in [0.29, 0.717) is 11.7 Å². The first-order valence-electron chi connectivity index (χ1n) is 4.48. The number of carbonyl (C=O) groups excluding carboxylic acids is 1. The Balaban J connectivity index is 2.55. The van der Waals surface area contributed by atoms with E-state index >= 15 is 0 Å². The predicted molar refractivity (Wildman–Crippen MR) is 57.6 cm³/mol. The van der Waals surface area contributed by atoms with Crippen LogP contribution in [0.4, 0.5) is 0 Å². The molecule has 1 aromatic heterocycles. The zero-order valence-corrected chi connectivity index (χ0v) is 9.49. The van der Waals surface area contributed by atoms with Crippen LogP contribution in [0.1, 0.15) is 5.56 Å². The van der Waals surface area contributed by atoms with Crippen molar-refractivity contribution < 1.29 is 9.53 Å². The third-order valence-corrected chi connectivity index (χ3v) is 2.24. The number of hydrogen-bond donors (Lipinski definition) is 0. The van der Waals surface area contributed by atoms with Gasteiger partial charge in [0.2, 0.25) is 0 Å². The maximum absolute atomic E-state index is 11.0. The largest absolute Gasteiger partial charge is 0.468 e. The van der Waals surface area contributed by atoms with Gasteiger partial charge in [-0.1, -0.05) is 17.7 Å². The smallest absolute Gasteiger partial charge is 0.319 e. The van der Waals surface area contributed by atoms with E-state index in [9.17, 15) is 4.79 Å². The van der Waals surface area contributed by atoms with Crippen molar-refractivity contribution in [3.8, 4) is 0 Å². The predicted octanol–water partition coefficient (Wildman–Crippen LogP) is 1.34. The van der Waals surface area contributed by atoms with E-state index in [1.807, 2.05) is 24.1 Å². The van der Waals surface area contributed by atoms with Gasteiger partial charge in [0.15, 0.2) is 0 Å². The number of carbonyl (C=O) groups is 1. The number of esters is 1. The van der Waals surface area contributed by atoms with E-state index < -0.39 is 0 Å². The maximum atomic E-state index is 11.0. The molecular weight excluding hydrogens is 216 g/mol. The minimum Gasteiger partial charge on any atom is -0.468 e. The van der Waals surface area contributed by atoms with Crippen molar-refractivity contribution in [3.05, 3.63) is 29.0 Å². The van der Waals surface area contributed by atoms with Crippen molar-refractivity contribution in [1.29, 1.82) is 0 Å². The Morgan fingerprint density at radius 3 is 3.00 bits per heavy atom. The van der Waals surface area contributed by atoms with Gasteiger partial charge in [0.1, 0.15) is 5.15 Å². The first-order chi connectivity index (χ1) is 7.13. The molecule has 0 fully saturated rings. The first-order valence-corrected chi connectivity index (χ1v) is 4.86. The van der Waals surface area contributed by atoms with E-state index in [-0.39, 0.29) is 12.5 Å². The lowest BCUT2D eigenvalue weighted by Crippen LogP contribution is -2.26. The maximum Gasteiger partial charge on any atom is 0.319 e. The van der Waals surface area contributed by atoms with Crippen LogP contribution in [0.3, 0.4) is 0 Å². The monoisotopic (exact) mass is 228 g/mol. The highest BCUT2D eigenvalue weighted by Gasteiger charge is 2.08. The van der Waals surface area contributed by atoms with Crippen LogP contribution in [0.2, 0.25) is 5.15 Å². The normalized spacial score (nSPS) is 10.4. The molecule has 0 saturated carbocycles. The zero-order valence-electron chi connectivity index (χ0n) is 8.74. The number of pyridine rings is 1. The highest BCUT2D eigenvalue weighted by molar-refractivity contribution is 6.30. The zero-order chi connectivity index (χ0) is 11.3. The van der Waals surface area contributed by atoms with Crippen LogP contribution in [0.25, 0.3) is 0 Å². The number of ether oxygens (including phenoxy) is 1.